The summed E-state index contributed by atoms with van der Waals surface area (Å²) in [6.07, 6.45) is -0.588. The predicted octanol–water partition coefficient (Wildman–Crippen LogP) is 0.674. The van der Waals surface area contributed by atoms with E-state index in [4.69, 9.17) is 9.84 Å². The summed E-state index contributed by atoms with van der Waals surface area (Å²) in [5, 5.41) is 31.2. The molecule has 0 amide bonds. The van der Waals surface area contributed by atoms with Crippen LogP contribution in [0.1, 0.15) is 25.0 Å². The van der Waals surface area contributed by atoms with E-state index >= 15 is 0 Å². The van der Waals surface area contributed by atoms with Gasteiger partial charge in [0.05, 0.1) is 19.1 Å². The number of aliphatic hydroxyl groups excluding tert-OH is 1. The third-order valence-corrected chi connectivity index (χ3v) is 2.53. The minimum Gasteiger partial charge on any atom is -0.504 e. The average molecular weight is 269 g/mol. The zero-order valence-electron chi connectivity index (χ0n) is 10.8. The molecular weight excluding hydrogens is 250 g/mol. The highest BCUT2D eigenvalue weighted by Crippen LogP contribution is 2.27. The van der Waals surface area contributed by atoms with E-state index in [1.54, 1.807) is 6.92 Å². The summed E-state index contributed by atoms with van der Waals surface area (Å²) in [6, 6.07) is 4.13. The number of rotatable bonds is 7. The van der Waals surface area contributed by atoms with Crippen LogP contribution < -0.4 is 5.32 Å². The molecule has 0 spiro atoms. The van der Waals surface area contributed by atoms with Crippen molar-refractivity contribution < 1.29 is 24.9 Å². The first-order chi connectivity index (χ1) is 9.04. The van der Waals surface area contributed by atoms with Gasteiger partial charge >= 0.3 is 5.97 Å². The molecule has 0 aliphatic carbocycles. The second kappa shape index (κ2) is 7.60. The highest BCUT2D eigenvalue weighted by Gasteiger charge is 2.10. The van der Waals surface area contributed by atoms with Crippen LogP contribution in [-0.4, -0.2) is 41.0 Å². The number of ether oxygens (including phenoxy) is 1. The maximum absolute atomic E-state index is 11.1. The summed E-state index contributed by atoms with van der Waals surface area (Å²) in [5.74, 6) is -0.791. The number of esters is 1. The first kappa shape index (κ1) is 15.3. The van der Waals surface area contributed by atoms with Crippen molar-refractivity contribution >= 4 is 5.97 Å². The van der Waals surface area contributed by atoms with Crippen molar-refractivity contribution in [2.45, 2.75) is 19.4 Å². The minimum atomic E-state index is -0.825. The van der Waals surface area contributed by atoms with Crippen LogP contribution in [0, 0.1) is 0 Å². The smallest absolute Gasteiger partial charge is 0.307 e. The Morgan fingerprint density at radius 2 is 2.11 bits per heavy atom. The van der Waals surface area contributed by atoms with Gasteiger partial charge in [-0.25, -0.2) is 0 Å². The van der Waals surface area contributed by atoms with E-state index in [1.807, 2.05) is 0 Å². The monoisotopic (exact) mass is 269 g/mol. The number of carbonyl (C=O) groups is 1. The Hall–Kier alpha value is -1.79. The molecule has 0 heterocycles. The van der Waals surface area contributed by atoms with Crippen molar-refractivity contribution in [2.75, 3.05) is 19.7 Å². The molecule has 1 aromatic carbocycles. The van der Waals surface area contributed by atoms with Crippen LogP contribution in [0.25, 0.3) is 0 Å². The van der Waals surface area contributed by atoms with Gasteiger partial charge in [-0.05, 0) is 24.6 Å². The van der Waals surface area contributed by atoms with Gasteiger partial charge in [0.1, 0.15) is 0 Å². The standard InChI is InChI=1S/C13H19NO5/c1-2-19-13(18)5-6-14-8-12(17)9-3-4-10(15)11(16)7-9/h3-4,7,12,14-17H,2,5-6,8H2,1H3. The quantitative estimate of drug-likeness (QED) is 0.330. The molecule has 0 radical (unpaired) electrons. The molecule has 0 saturated carbocycles. The summed E-state index contributed by atoms with van der Waals surface area (Å²) in [5.41, 5.74) is 0.485. The van der Waals surface area contributed by atoms with Crippen molar-refractivity contribution in [3.05, 3.63) is 23.8 Å². The molecular formula is C13H19NO5. The second-order valence-corrected chi connectivity index (χ2v) is 4.02. The maximum Gasteiger partial charge on any atom is 0.307 e. The average Bonchev–Trinajstić information content (AvgIpc) is 2.38. The van der Waals surface area contributed by atoms with Gasteiger partial charge in [0.2, 0.25) is 0 Å². The minimum absolute atomic E-state index is 0.230. The van der Waals surface area contributed by atoms with Crippen molar-refractivity contribution in [3.63, 3.8) is 0 Å². The number of hydrogen-bond acceptors (Lipinski definition) is 6. The lowest BCUT2D eigenvalue weighted by Gasteiger charge is -2.12. The fourth-order valence-electron chi connectivity index (χ4n) is 1.53. The number of aliphatic hydroxyl groups is 1. The van der Waals surface area contributed by atoms with E-state index in [9.17, 15) is 15.0 Å². The van der Waals surface area contributed by atoms with Gasteiger partial charge in [0, 0.05) is 13.1 Å². The molecule has 1 aromatic rings. The van der Waals surface area contributed by atoms with Crippen molar-refractivity contribution in [1.29, 1.82) is 0 Å². The molecule has 1 atom stereocenters. The van der Waals surface area contributed by atoms with Gasteiger partial charge < -0.3 is 25.4 Å². The topological polar surface area (TPSA) is 99.0 Å². The summed E-state index contributed by atoms with van der Waals surface area (Å²) in [4.78, 5) is 11.1. The Morgan fingerprint density at radius 3 is 2.74 bits per heavy atom. The van der Waals surface area contributed by atoms with Gasteiger partial charge in [-0.1, -0.05) is 6.07 Å². The molecule has 19 heavy (non-hydrogen) atoms. The third kappa shape index (κ3) is 5.15. The molecule has 4 N–H and O–H groups in total. The summed E-state index contributed by atoms with van der Waals surface area (Å²) in [7, 11) is 0. The van der Waals surface area contributed by atoms with Gasteiger partial charge in [0.25, 0.3) is 0 Å². The molecule has 6 heteroatoms. The van der Waals surface area contributed by atoms with Crippen molar-refractivity contribution in [1.82, 2.24) is 5.32 Å². The van der Waals surface area contributed by atoms with E-state index in [-0.39, 0.29) is 30.4 Å². The van der Waals surface area contributed by atoms with Crippen LogP contribution in [0.4, 0.5) is 0 Å². The molecule has 106 valence electrons. The van der Waals surface area contributed by atoms with E-state index in [2.05, 4.69) is 5.32 Å². The first-order valence-electron chi connectivity index (χ1n) is 6.11. The number of aromatic hydroxyl groups is 2. The van der Waals surface area contributed by atoms with Crippen molar-refractivity contribution in [3.8, 4) is 11.5 Å². The molecule has 0 aliphatic rings. The molecule has 6 nitrogen and oxygen atoms in total. The Kier molecular flexibility index (Phi) is 6.11. The normalized spacial score (nSPS) is 12.1. The molecule has 1 unspecified atom stereocenters. The Bertz CT molecular complexity index is 421. The number of benzene rings is 1. The number of phenolic OH excluding ortho intramolecular Hbond substituents is 2. The number of hydrogen-bond donors (Lipinski definition) is 4. The Labute approximate surface area is 111 Å². The van der Waals surface area contributed by atoms with E-state index in [1.165, 1.54) is 18.2 Å². The Balaban J connectivity index is 2.33. The second-order valence-electron chi connectivity index (χ2n) is 4.02. The molecule has 0 aliphatic heterocycles. The summed E-state index contributed by atoms with van der Waals surface area (Å²) < 4.78 is 4.76. The highest BCUT2D eigenvalue weighted by atomic mass is 16.5. The number of nitrogens with one attached hydrogen (secondary N) is 1. The largest absolute Gasteiger partial charge is 0.504 e. The van der Waals surface area contributed by atoms with Gasteiger partial charge in [-0.2, -0.15) is 0 Å². The maximum atomic E-state index is 11.1. The molecule has 0 saturated heterocycles. The van der Waals surface area contributed by atoms with Gasteiger partial charge in [0.15, 0.2) is 11.5 Å². The summed E-state index contributed by atoms with van der Waals surface area (Å²) >= 11 is 0. The number of carbonyl (C=O) groups excluding carboxylic acids is 1. The highest BCUT2D eigenvalue weighted by molar-refractivity contribution is 5.69. The fourth-order valence-corrected chi connectivity index (χ4v) is 1.53. The van der Waals surface area contributed by atoms with Crippen molar-refractivity contribution in [2.24, 2.45) is 0 Å². The molecule has 0 aromatic heterocycles. The lowest BCUT2D eigenvalue weighted by molar-refractivity contribution is -0.143. The zero-order valence-corrected chi connectivity index (χ0v) is 10.8. The molecule has 0 fully saturated rings. The first-order valence-corrected chi connectivity index (χ1v) is 6.11. The fraction of sp³-hybridized carbons (Fsp3) is 0.462. The summed E-state index contributed by atoms with van der Waals surface area (Å²) in [6.45, 7) is 2.74. The predicted molar refractivity (Wildman–Crippen MR) is 68.9 cm³/mol. The zero-order chi connectivity index (χ0) is 14.3. The molecule has 1 rings (SSSR count). The van der Waals surface area contributed by atoms with E-state index in [0.717, 1.165) is 0 Å². The lowest BCUT2D eigenvalue weighted by Crippen LogP contribution is -2.24. The van der Waals surface area contributed by atoms with Crippen LogP contribution in [0.15, 0.2) is 18.2 Å². The van der Waals surface area contributed by atoms with Crippen LogP contribution in [0.5, 0.6) is 11.5 Å². The SMILES string of the molecule is CCOC(=O)CCNCC(O)c1ccc(O)c(O)c1. The molecule has 0 bridgehead atoms. The van der Waals surface area contributed by atoms with Gasteiger partial charge in [-0.3, -0.25) is 4.79 Å². The van der Waals surface area contributed by atoms with Gasteiger partial charge in [-0.15, -0.1) is 0 Å². The number of phenols is 2. The van der Waals surface area contributed by atoms with Crippen LogP contribution in [0.2, 0.25) is 0 Å². The van der Waals surface area contributed by atoms with E-state index < -0.39 is 6.10 Å². The lowest BCUT2D eigenvalue weighted by atomic mass is 10.1. The third-order valence-electron chi connectivity index (χ3n) is 2.53. The van der Waals surface area contributed by atoms with Crippen LogP contribution >= 0.6 is 0 Å². The van der Waals surface area contributed by atoms with Crippen LogP contribution in [0.3, 0.4) is 0 Å². The van der Waals surface area contributed by atoms with E-state index in [0.29, 0.717) is 18.7 Å². The Morgan fingerprint density at radius 1 is 1.37 bits per heavy atom. The van der Waals surface area contributed by atoms with Crippen LogP contribution in [-0.2, 0) is 9.53 Å².